The Morgan fingerprint density at radius 3 is 1.20 bits per heavy atom. The first-order chi connectivity index (χ1) is 1.00. The summed E-state index contributed by atoms with van der Waals surface area (Å²) in [6, 6.07) is 0. The van der Waals surface area contributed by atoms with E-state index in [1.54, 1.807) is 0 Å². The van der Waals surface area contributed by atoms with Gasteiger partial charge in [0.05, 0.1) is 0 Å². The monoisotopic (exact) mass is 480 g/mol. The van der Waals surface area contributed by atoms with Crippen LogP contribution in [-0.2, 0) is 52.0 Å². The molecule has 0 aromatic carbocycles. The fraction of sp³-hybridized carbons (Fsp3) is 0. The van der Waals surface area contributed by atoms with Gasteiger partial charge in [-0.15, -0.1) is 0 Å². The number of hydrogen-bond donors (Lipinski definition) is 0. The Kier molecular flexibility index (Phi) is 143. The summed E-state index contributed by atoms with van der Waals surface area (Å²) in [7, 11) is 0. The van der Waals surface area contributed by atoms with E-state index >= 15 is 0 Å². The molecule has 0 amide bonds. The Morgan fingerprint density at radius 2 is 1.20 bits per heavy atom. The second-order valence-electron chi connectivity index (χ2n) is 0. The minimum Gasteiger partial charge on any atom is 0 e. The van der Waals surface area contributed by atoms with Crippen LogP contribution in [0.3, 0.4) is 0 Å². The van der Waals surface area contributed by atoms with Crippen LogP contribution in [0.15, 0.2) is 0 Å². The standard InChI is InChI=1S/Al.O.Pb.Sc.Ta.3H. The van der Waals surface area contributed by atoms with Gasteiger partial charge >= 0.3 is 47.3 Å². The van der Waals surface area contributed by atoms with Gasteiger partial charge in [0.2, 0.25) is 0 Å². The minimum absolute atomic E-state index is 0. The third-order valence-electron chi connectivity index (χ3n) is 0. The van der Waals surface area contributed by atoms with E-state index in [9.17, 15) is 0 Å². The van der Waals surface area contributed by atoms with E-state index in [0.717, 1.165) is 0 Å². The molecule has 0 atom stereocenters. The Balaban J connectivity index is -0.00000000167. The Hall–Kier alpha value is 2.86. The zero-order valence-corrected chi connectivity index (χ0v) is 14.8. The molecule has 0 aliphatic heterocycles. The summed E-state index contributed by atoms with van der Waals surface area (Å²) >= 11 is 0.611. The number of hydrogen-bond acceptors (Lipinski definition) is 1. The maximum atomic E-state index is 8.28. The molecular formula is H3AlOPbScTa. The van der Waals surface area contributed by atoms with Crippen molar-refractivity contribution in [2.24, 2.45) is 0 Å². The summed E-state index contributed by atoms with van der Waals surface area (Å²) in [5.41, 5.74) is 0. The molecule has 0 bridgehead atoms. The molecule has 5 heteroatoms. The molecule has 24 valence electrons. The van der Waals surface area contributed by atoms with Gasteiger partial charge in [0.15, 0.2) is 0 Å². The number of rotatable bonds is 0. The molecule has 0 unspecified atom stereocenters. The van der Waals surface area contributed by atoms with Crippen LogP contribution in [0.4, 0.5) is 0 Å². The zero-order chi connectivity index (χ0) is 2.00. The molecule has 0 aliphatic rings. The van der Waals surface area contributed by atoms with Gasteiger partial charge in [-0.25, -0.2) is 0 Å². The molecule has 0 aliphatic carbocycles. The van der Waals surface area contributed by atoms with Crippen LogP contribution in [-0.4, -0.2) is 43.5 Å². The second-order valence-corrected chi connectivity index (χ2v) is 0. The summed E-state index contributed by atoms with van der Waals surface area (Å²) < 4.78 is 8.28. The van der Waals surface area contributed by atoms with Crippen molar-refractivity contribution in [3.63, 3.8) is 0 Å². The molecule has 5 heavy (non-hydrogen) atoms. The molecule has 0 aromatic heterocycles. The first-order valence-electron chi connectivity index (χ1n) is 0.289. The second kappa shape index (κ2) is 28.8. The van der Waals surface area contributed by atoms with Crippen molar-refractivity contribution in [1.29, 1.82) is 0 Å². The van der Waals surface area contributed by atoms with Crippen LogP contribution in [0.1, 0.15) is 0 Å². The van der Waals surface area contributed by atoms with E-state index in [2.05, 4.69) is 0 Å². The van der Waals surface area contributed by atoms with E-state index in [1.807, 2.05) is 0 Å². The van der Waals surface area contributed by atoms with Gasteiger partial charge in [0.25, 0.3) is 0 Å². The molecule has 0 heterocycles. The van der Waals surface area contributed by atoms with Crippen LogP contribution in [0.5, 0.6) is 0 Å². The Labute approximate surface area is 93.7 Å². The minimum atomic E-state index is 0. The van der Waals surface area contributed by atoms with E-state index < -0.39 is 0 Å². The van der Waals surface area contributed by atoms with Gasteiger partial charge < -0.3 is 0 Å². The summed E-state index contributed by atoms with van der Waals surface area (Å²) in [6.07, 6.45) is 0. The fourth-order valence-electron chi connectivity index (χ4n) is 0. The maximum Gasteiger partial charge on any atom is 0 e. The summed E-state index contributed by atoms with van der Waals surface area (Å²) in [6.45, 7) is 0. The SMILES string of the molecule is [O]=[AlH].[PbH2].[Sc].[Ta]. The van der Waals surface area contributed by atoms with Crippen LogP contribution in [0.25, 0.3) is 0 Å². The third-order valence-corrected chi connectivity index (χ3v) is 0. The summed E-state index contributed by atoms with van der Waals surface area (Å²) in [5, 5.41) is 0. The maximum absolute atomic E-state index is 8.28. The normalized spacial score (nSPS) is 0.600. The molecule has 0 aromatic rings. The van der Waals surface area contributed by atoms with Gasteiger partial charge in [-0.1, -0.05) is 0 Å². The van der Waals surface area contributed by atoms with Gasteiger partial charge in [-0.2, -0.15) is 0 Å². The molecule has 0 spiro atoms. The van der Waals surface area contributed by atoms with E-state index in [0.29, 0.717) is 16.2 Å². The van der Waals surface area contributed by atoms with E-state index in [-0.39, 0.29) is 75.5 Å². The predicted octanol–water partition coefficient (Wildman–Crippen LogP) is -1.69. The molecule has 1 nitrogen and oxygen atoms in total. The van der Waals surface area contributed by atoms with Gasteiger partial charge in [0.1, 0.15) is 0 Å². The van der Waals surface area contributed by atoms with Crippen molar-refractivity contribution in [2.45, 2.75) is 0 Å². The van der Waals surface area contributed by atoms with Crippen LogP contribution >= 0.6 is 0 Å². The average Bonchev–Trinajstić information content (AvgIpc) is 1.00. The van der Waals surface area contributed by atoms with E-state index in [1.165, 1.54) is 0 Å². The largest absolute Gasteiger partial charge is 0 e. The predicted molar refractivity (Wildman–Crippen MR) is 16.4 cm³/mol. The summed E-state index contributed by atoms with van der Waals surface area (Å²) in [4.78, 5) is 0. The molecule has 0 saturated carbocycles. The first kappa shape index (κ1) is 24.8. The Morgan fingerprint density at radius 1 is 1.20 bits per heavy atom. The van der Waals surface area contributed by atoms with Crippen molar-refractivity contribution in [3.8, 4) is 0 Å². The fourth-order valence-corrected chi connectivity index (χ4v) is 0. The van der Waals surface area contributed by atoms with Crippen molar-refractivity contribution in [3.05, 3.63) is 0 Å². The molecule has 0 rings (SSSR count). The van der Waals surface area contributed by atoms with Crippen LogP contribution in [0.2, 0.25) is 0 Å². The van der Waals surface area contributed by atoms with Crippen molar-refractivity contribution < 1.29 is 52.0 Å². The van der Waals surface area contributed by atoms with Crippen LogP contribution < -0.4 is 0 Å². The van der Waals surface area contributed by atoms with Crippen molar-refractivity contribution >= 4 is 43.5 Å². The quantitative estimate of drug-likeness (QED) is 0.380. The van der Waals surface area contributed by atoms with E-state index in [4.69, 9.17) is 3.80 Å². The van der Waals surface area contributed by atoms with Gasteiger partial charge in [-0.3, -0.25) is 0 Å². The average molecular weight is 479 g/mol. The van der Waals surface area contributed by atoms with Crippen LogP contribution in [0, 0.1) is 0 Å². The third kappa shape index (κ3) is 19.8. The molecule has 0 fully saturated rings. The summed E-state index contributed by atoms with van der Waals surface area (Å²) in [5.74, 6) is 0. The topological polar surface area (TPSA) is 17.1 Å². The smallest absolute Gasteiger partial charge is 0 e. The van der Waals surface area contributed by atoms with Gasteiger partial charge in [0, 0.05) is 48.2 Å². The molecular weight excluding hydrogens is 476 g/mol. The van der Waals surface area contributed by atoms with Crippen molar-refractivity contribution in [2.75, 3.05) is 0 Å². The first-order valence-corrected chi connectivity index (χ1v) is 0.866. The molecule has 0 saturated heterocycles. The van der Waals surface area contributed by atoms with Gasteiger partial charge in [-0.05, 0) is 0 Å². The molecule has 0 N–H and O–H groups in total. The van der Waals surface area contributed by atoms with Crippen molar-refractivity contribution in [1.82, 2.24) is 0 Å². The Bertz CT molecular complexity index is 11.6. The zero-order valence-electron chi connectivity index (χ0n) is 2.85. The molecule has 4 radical (unpaired) electrons.